The van der Waals surface area contributed by atoms with Gasteiger partial charge >= 0.3 is 6.03 Å². The number of imidazole rings is 1. The third-order valence-corrected chi connectivity index (χ3v) is 5.06. The minimum Gasteiger partial charge on any atom is -0.336 e. The van der Waals surface area contributed by atoms with Gasteiger partial charge in [-0.15, -0.1) is 0 Å². The number of aryl methyl sites for hydroxylation is 1. The van der Waals surface area contributed by atoms with Gasteiger partial charge in [0.15, 0.2) is 5.65 Å². The van der Waals surface area contributed by atoms with Crippen LogP contribution in [0.4, 0.5) is 14.9 Å². The lowest BCUT2D eigenvalue weighted by molar-refractivity contribution is 0.251. The van der Waals surface area contributed by atoms with E-state index in [2.05, 4.69) is 20.6 Å². The maximum Gasteiger partial charge on any atom is 0.319 e. The second kappa shape index (κ2) is 8.51. The summed E-state index contributed by atoms with van der Waals surface area (Å²) in [7, 11) is 0. The second-order valence-corrected chi connectivity index (χ2v) is 7.19. The Balaban J connectivity index is 1.49. The fraction of sp³-hybridized carbons (Fsp3) is 0.136. The lowest BCUT2D eigenvalue weighted by atomic mass is 10.2. The molecule has 0 radical (unpaired) electrons. The summed E-state index contributed by atoms with van der Waals surface area (Å²) in [5.41, 5.74) is 3.76. The fourth-order valence-corrected chi connectivity index (χ4v) is 3.30. The van der Waals surface area contributed by atoms with Crippen molar-refractivity contribution in [3.63, 3.8) is 0 Å². The number of urea groups is 1. The molecule has 0 aliphatic carbocycles. The van der Waals surface area contributed by atoms with Gasteiger partial charge in [-0.3, -0.25) is 0 Å². The number of halogens is 2. The summed E-state index contributed by atoms with van der Waals surface area (Å²) in [6.45, 7) is 2.69. The number of carbonyl (C=O) groups is 1. The van der Waals surface area contributed by atoms with Gasteiger partial charge < -0.3 is 15.2 Å². The highest BCUT2D eigenvalue weighted by atomic mass is 35.5. The number of pyridine rings is 1. The predicted molar refractivity (Wildman–Crippen MR) is 116 cm³/mol. The van der Waals surface area contributed by atoms with Gasteiger partial charge in [0.05, 0.1) is 0 Å². The van der Waals surface area contributed by atoms with Crippen LogP contribution in [0.5, 0.6) is 0 Å². The Morgan fingerprint density at radius 2 is 1.97 bits per heavy atom. The molecule has 0 aliphatic heterocycles. The van der Waals surface area contributed by atoms with E-state index in [0.717, 1.165) is 16.6 Å². The van der Waals surface area contributed by atoms with E-state index in [4.69, 9.17) is 11.6 Å². The molecule has 6 nitrogen and oxygen atoms in total. The molecule has 0 saturated carbocycles. The third kappa shape index (κ3) is 4.26. The van der Waals surface area contributed by atoms with Crippen LogP contribution in [0, 0.1) is 12.7 Å². The van der Waals surface area contributed by atoms with Crippen LogP contribution in [0.15, 0.2) is 60.8 Å². The van der Waals surface area contributed by atoms with Gasteiger partial charge in [-0.1, -0.05) is 17.7 Å². The molecule has 30 heavy (non-hydrogen) atoms. The second-order valence-electron chi connectivity index (χ2n) is 6.78. The van der Waals surface area contributed by atoms with Crippen LogP contribution in [-0.2, 0) is 6.54 Å². The van der Waals surface area contributed by atoms with Crippen molar-refractivity contribution in [1.82, 2.24) is 19.9 Å². The summed E-state index contributed by atoms with van der Waals surface area (Å²) in [6, 6.07) is 14.8. The first kappa shape index (κ1) is 19.8. The lowest BCUT2D eigenvalue weighted by Crippen LogP contribution is -2.31. The molecule has 2 aromatic heterocycles. The van der Waals surface area contributed by atoms with Gasteiger partial charge in [-0.25, -0.2) is 19.2 Å². The number of amides is 2. The molecular weight excluding hydrogens is 405 g/mol. The molecule has 2 heterocycles. The molecule has 4 rings (SSSR count). The van der Waals surface area contributed by atoms with Crippen molar-refractivity contribution >= 4 is 34.5 Å². The van der Waals surface area contributed by atoms with Crippen LogP contribution < -0.4 is 10.6 Å². The maximum absolute atomic E-state index is 13.3. The van der Waals surface area contributed by atoms with Crippen molar-refractivity contribution in [1.29, 1.82) is 0 Å². The minimum atomic E-state index is -0.337. The van der Waals surface area contributed by atoms with E-state index in [1.807, 2.05) is 29.7 Å². The van der Waals surface area contributed by atoms with E-state index < -0.39 is 0 Å². The number of anilines is 1. The normalized spacial score (nSPS) is 10.9. The Kier molecular flexibility index (Phi) is 5.63. The Bertz CT molecular complexity index is 1210. The molecule has 0 bridgehead atoms. The summed E-state index contributed by atoms with van der Waals surface area (Å²) in [5, 5.41) is 6.18. The van der Waals surface area contributed by atoms with Crippen molar-refractivity contribution in [3.05, 3.63) is 77.2 Å². The van der Waals surface area contributed by atoms with E-state index in [9.17, 15) is 9.18 Å². The average molecular weight is 424 g/mol. The molecule has 2 aromatic carbocycles. The van der Waals surface area contributed by atoms with E-state index in [0.29, 0.717) is 35.3 Å². The summed E-state index contributed by atoms with van der Waals surface area (Å²) < 4.78 is 15.2. The van der Waals surface area contributed by atoms with Gasteiger partial charge in [0.2, 0.25) is 0 Å². The molecule has 2 N–H and O–H groups in total. The van der Waals surface area contributed by atoms with Crippen LogP contribution in [0.25, 0.3) is 22.6 Å². The average Bonchev–Trinajstić information content (AvgIpc) is 3.10. The zero-order chi connectivity index (χ0) is 21.1. The number of hydrogen-bond donors (Lipinski definition) is 2. The third-order valence-electron chi connectivity index (χ3n) is 4.66. The number of benzene rings is 2. The highest BCUT2D eigenvalue weighted by Crippen LogP contribution is 2.24. The number of aromatic nitrogens is 3. The first-order valence-corrected chi connectivity index (χ1v) is 9.77. The number of nitrogens with zero attached hydrogens (tertiary/aromatic N) is 3. The molecule has 8 heteroatoms. The van der Waals surface area contributed by atoms with E-state index in [-0.39, 0.29) is 11.8 Å². The quantitative estimate of drug-likeness (QED) is 0.473. The topological polar surface area (TPSA) is 71.8 Å². The van der Waals surface area contributed by atoms with Crippen LogP contribution in [0.2, 0.25) is 5.02 Å². The van der Waals surface area contributed by atoms with E-state index >= 15 is 0 Å². The van der Waals surface area contributed by atoms with Crippen molar-refractivity contribution in [2.75, 3.05) is 11.9 Å². The minimum absolute atomic E-state index is 0.311. The Morgan fingerprint density at radius 1 is 1.17 bits per heavy atom. The van der Waals surface area contributed by atoms with Crippen molar-refractivity contribution in [3.8, 4) is 11.4 Å². The monoisotopic (exact) mass is 423 g/mol. The van der Waals surface area contributed by atoms with Crippen molar-refractivity contribution in [2.24, 2.45) is 0 Å². The van der Waals surface area contributed by atoms with Crippen molar-refractivity contribution < 1.29 is 9.18 Å². The van der Waals surface area contributed by atoms with E-state index in [1.54, 1.807) is 30.5 Å². The summed E-state index contributed by atoms with van der Waals surface area (Å²) in [4.78, 5) is 21.3. The molecule has 0 unspecified atom stereocenters. The highest BCUT2D eigenvalue weighted by Gasteiger charge is 2.14. The Morgan fingerprint density at radius 3 is 2.73 bits per heavy atom. The predicted octanol–water partition coefficient (Wildman–Crippen LogP) is 5.02. The van der Waals surface area contributed by atoms with Gasteiger partial charge in [-0.05, 0) is 61.0 Å². The van der Waals surface area contributed by atoms with Crippen LogP contribution in [0.3, 0.4) is 0 Å². The van der Waals surface area contributed by atoms with E-state index in [1.165, 1.54) is 12.1 Å². The van der Waals surface area contributed by atoms with Crippen molar-refractivity contribution in [2.45, 2.75) is 13.5 Å². The largest absolute Gasteiger partial charge is 0.336 e. The number of fused-ring (bicyclic) bond motifs is 1. The van der Waals surface area contributed by atoms with Crippen LogP contribution in [-0.4, -0.2) is 27.1 Å². The molecule has 2 amide bonds. The fourth-order valence-electron chi connectivity index (χ4n) is 3.12. The van der Waals surface area contributed by atoms with Gasteiger partial charge in [0, 0.05) is 35.6 Å². The first-order valence-electron chi connectivity index (χ1n) is 9.39. The summed E-state index contributed by atoms with van der Waals surface area (Å²) in [6.07, 6.45) is 1.69. The van der Waals surface area contributed by atoms with Crippen LogP contribution in [0.1, 0.15) is 5.56 Å². The van der Waals surface area contributed by atoms with Crippen LogP contribution >= 0.6 is 11.6 Å². The molecule has 0 spiro atoms. The molecule has 0 fully saturated rings. The number of carbonyl (C=O) groups excluding carboxylic acids is 1. The van der Waals surface area contributed by atoms with Gasteiger partial charge in [0.1, 0.15) is 17.2 Å². The first-order chi connectivity index (χ1) is 14.5. The molecule has 0 atom stereocenters. The number of nitrogens with one attached hydrogen (secondary N) is 2. The molecule has 0 saturated heterocycles. The lowest BCUT2D eigenvalue weighted by Gasteiger charge is -2.11. The molecular formula is C22H19ClFN5O. The zero-order valence-electron chi connectivity index (χ0n) is 16.2. The highest BCUT2D eigenvalue weighted by molar-refractivity contribution is 6.31. The zero-order valence-corrected chi connectivity index (χ0v) is 16.9. The summed E-state index contributed by atoms with van der Waals surface area (Å²) in [5.74, 6) is 0.352. The SMILES string of the molecule is Cc1ccc(NC(=O)NCCn2c(-c3ccc(F)cc3)nc3cccnc32)cc1Cl. The molecule has 0 aliphatic rings. The standard InChI is InChI=1S/C22H19ClFN5O/c1-14-4-9-17(13-18(14)23)27-22(30)26-11-12-29-20(15-5-7-16(24)8-6-15)28-19-3-2-10-25-21(19)29/h2-10,13H,11-12H2,1H3,(H2,26,27,30). The maximum atomic E-state index is 13.3. The Labute approximate surface area is 177 Å². The number of hydrogen-bond acceptors (Lipinski definition) is 3. The molecule has 152 valence electrons. The summed E-state index contributed by atoms with van der Waals surface area (Å²) >= 11 is 6.10. The number of rotatable bonds is 5. The van der Waals surface area contributed by atoms with Gasteiger partial charge in [-0.2, -0.15) is 0 Å². The smallest absolute Gasteiger partial charge is 0.319 e. The Hall–Kier alpha value is -3.45. The molecule has 4 aromatic rings. The van der Waals surface area contributed by atoms with Gasteiger partial charge in [0.25, 0.3) is 0 Å².